The molecule has 0 N–H and O–H groups in total. The highest BCUT2D eigenvalue weighted by Gasteiger charge is 2.59. The highest BCUT2D eigenvalue weighted by molar-refractivity contribution is 5.89. The average Bonchev–Trinajstić information content (AvgIpc) is 3.76. The predicted molar refractivity (Wildman–Crippen MR) is 178 cm³/mol. The number of carbonyl (C=O) groups is 1. The Kier molecular flexibility index (Phi) is 9.87. The van der Waals surface area contributed by atoms with Crippen LogP contribution in [0, 0.1) is 46.3 Å². The molecule has 44 heavy (non-hydrogen) atoms. The maximum atomic E-state index is 13.1. The molecule has 1 aromatic rings. The van der Waals surface area contributed by atoms with Gasteiger partial charge in [-0.25, -0.2) is 4.79 Å². The zero-order valence-electron chi connectivity index (χ0n) is 28.5. The summed E-state index contributed by atoms with van der Waals surface area (Å²) in [4.78, 5) is 13.1. The van der Waals surface area contributed by atoms with E-state index in [4.69, 9.17) is 14.2 Å². The number of ether oxygens (including phenoxy) is 3. The van der Waals surface area contributed by atoms with Gasteiger partial charge < -0.3 is 14.2 Å². The SMILES string of the molecule is CC(C)CCC[C@@H](C)[C@H]1CC[C@H]2[C@@H]3CC=C4C[C@@H](OC(=O)c5ccc(OCCCCC6CO6)cc5)CC[C@]4(C)[C@H]3CC[C@]12C. The second kappa shape index (κ2) is 13.5. The van der Waals surface area contributed by atoms with Gasteiger partial charge in [0.25, 0.3) is 0 Å². The lowest BCUT2D eigenvalue weighted by Crippen LogP contribution is -2.51. The molecular formula is C40H60O4. The van der Waals surface area contributed by atoms with Crippen molar-refractivity contribution in [2.45, 2.75) is 137 Å². The van der Waals surface area contributed by atoms with Gasteiger partial charge in [0.2, 0.25) is 0 Å². The molecule has 4 aliphatic carbocycles. The lowest BCUT2D eigenvalue weighted by Gasteiger charge is -2.58. The Labute approximate surface area is 268 Å². The molecule has 0 amide bonds. The number of esters is 1. The van der Waals surface area contributed by atoms with Crippen LogP contribution in [0.2, 0.25) is 0 Å². The van der Waals surface area contributed by atoms with Gasteiger partial charge in [0.05, 0.1) is 24.9 Å². The second-order valence-corrected chi connectivity index (χ2v) is 16.4. The van der Waals surface area contributed by atoms with Gasteiger partial charge in [-0.3, -0.25) is 0 Å². The first kappa shape index (κ1) is 32.1. The van der Waals surface area contributed by atoms with E-state index in [0.29, 0.717) is 23.7 Å². The minimum Gasteiger partial charge on any atom is -0.494 e. The van der Waals surface area contributed by atoms with E-state index >= 15 is 0 Å². The number of carbonyl (C=O) groups excluding carboxylic acids is 1. The molecule has 4 nitrogen and oxygen atoms in total. The van der Waals surface area contributed by atoms with Crippen molar-refractivity contribution in [1.82, 2.24) is 0 Å². The van der Waals surface area contributed by atoms with Crippen LogP contribution in [0.4, 0.5) is 0 Å². The standard InChI is InChI=1S/C40H60O4/c1-27(2)9-8-10-28(3)35-18-19-36-34-17-14-30-25-32(20-22-39(30,4)37(34)21-23-40(35,36)5)44-38(41)29-12-15-31(16-13-29)42-24-7-6-11-33-26-43-33/h12-16,27-28,32-37H,6-11,17-26H2,1-5H3/t28-,32+,33?,34+,35-,36+,37+,39+,40-/m1/s1. The Hall–Kier alpha value is -1.81. The molecule has 1 saturated heterocycles. The van der Waals surface area contributed by atoms with E-state index in [2.05, 4.69) is 40.7 Å². The molecule has 0 bridgehead atoms. The maximum absolute atomic E-state index is 13.1. The lowest BCUT2D eigenvalue weighted by molar-refractivity contribution is -0.0594. The molecule has 0 radical (unpaired) electrons. The molecule has 1 heterocycles. The van der Waals surface area contributed by atoms with E-state index in [-0.39, 0.29) is 17.5 Å². The van der Waals surface area contributed by atoms with E-state index in [1.807, 2.05) is 24.3 Å². The Balaban J connectivity index is 1.01. The van der Waals surface area contributed by atoms with Crippen LogP contribution < -0.4 is 4.74 Å². The molecule has 4 fully saturated rings. The molecule has 0 spiro atoms. The third-order valence-electron chi connectivity index (χ3n) is 13.2. The quantitative estimate of drug-likeness (QED) is 0.0973. The van der Waals surface area contributed by atoms with Gasteiger partial charge in [-0.05, 0) is 135 Å². The van der Waals surface area contributed by atoms with Crippen molar-refractivity contribution in [3.05, 3.63) is 41.5 Å². The molecule has 1 aliphatic heterocycles. The number of unbranched alkanes of at least 4 members (excludes halogenated alkanes) is 1. The van der Waals surface area contributed by atoms with Crippen molar-refractivity contribution in [3.8, 4) is 5.75 Å². The number of epoxide rings is 1. The highest BCUT2D eigenvalue weighted by Crippen LogP contribution is 2.67. The van der Waals surface area contributed by atoms with Crippen LogP contribution in [0.3, 0.4) is 0 Å². The molecule has 1 aromatic carbocycles. The number of hydrogen-bond acceptors (Lipinski definition) is 4. The third-order valence-corrected chi connectivity index (χ3v) is 13.2. The predicted octanol–water partition coefficient (Wildman–Crippen LogP) is 10.2. The summed E-state index contributed by atoms with van der Waals surface area (Å²) in [5, 5.41) is 0. The van der Waals surface area contributed by atoms with Crippen LogP contribution in [0.5, 0.6) is 5.75 Å². The molecule has 3 saturated carbocycles. The first-order valence-electron chi connectivity index (χ1n) is 18.4. The fraction of sp³-hybridized carbons (Fsp3) is 0.775. The lowest BCUT2D eigenvalue weighted by atomic mass is 9.47. The highest BCUT2D eigenvalue weighted by atomic mass is 16.6. The minimum absolute atomic E-state index is 0.0128. The van der Waals surface area contributed by atoms with Gasteiger partial charge in [0.1, 0.15) is 11.9 Å². The maximum Gasteiger partial charge on any atom is 0.338 e. The summed E-state index contributed by atoms with van der Waals surface area (Å²) in [6, 6.07) is 7.51. The first-order valence-corrected chi connectivity index (χ1v) is 18.4. The van der Waals surface area contributed by atoms with Crippen molar-refractivity contribution in [2.24, 2.45) is 46.3 Å². The normalized spacial score (nSPS) is 36.5. The zero-order chi connectivity index (χ0) is 30.9. The third kappa shape index (κ3) is 6.81. The number of allylic oxidation sites excluding steroid dienone is 1. The smallest absolute Gasteiger partial charge is 0.338 e. The van der Waals surface area contributed by atoms with Crippen molar-refractivity contribution in [1.29, 1.82) is 0 Å². The number of benzene rings is 1. The van der Waals surface area contributed by atoms with Gasteiger partial charge in [0, 0.05) is 6.42 Å². The molecular weight excluding hydrogens is 544 g/mol. The number of hydrogen-bond donors (Lipinski definition) is 0. The molecule has 4 heteroatoms. The second-order valence-electron chi connectivity index (χ2n) is 16.4. The van der Waals surface area contributed by atoms with E-state index in [9.17, 15) is 4.79 Å². The molecule has 6 rings (SSSR count). The molecule has 244 valence electrons. The van der Waals surface area contributed by atoms with Crippen LogP contribution >= 0.6 is 0 Å². The van der Waals surface area contributed by atoms with Gasteiger partial charge >= 0.3 is 5.97 Å². The fourth-order valence-electron chi connectivity index (χ4n) is 10.6. The van der Waals surface area contributed by atoms with Gasteiger partial charge in [-0.15, -0.1) is 0 Å². The van der Waals surface area contributed by atoms with Crippen molar-refractivity contribution < 1.29 is 19.0 Å². The van der Waals surface area contributed by atoms with Crippen LogP contribution in [-0.2, 0) is 9.47 Å². The number of fused-ring (bicyclic) bond motifs is 5. The summed E-state index contributed by atoms with van der Waals surface area (Å²) in [7, 11) is 0. The summed E-state index contributed by atoms with van der Waals surface area (Å²) >= 11 is 0. The monoisotopic (exact) mass is 604 g/mol. The first-order chi connectivity index (χ1) is 21.2. The van der Waals surface area contributed by atoms with Gasteiger partial charge in [-0.2, -0.15) is 0 Å². The van der Waals surface area contributed by atoms with Crippen molar-refractivity contribution in [3.63, 3.8) is 0 Å². The minimum atomic E-state index is -0.197. The van der Waals surface area contributed by atoms with Crippen LogP contribution in [0.25, 0.3) is 0 Å². The van der Waals surface area contributed by atoms with Gasteiger partial charge in [0.15, 0.2) is 0 Å². The largest absolute Gasteiger partial charge is 0.494 e. The molecule has 9 atom stereocenters. The van der Waals surface area contributed by atoms with Gasteiger partial charge in [-0.1, -0.05) is 65.5 Å². The average molecular weight is 605 g/mol. The Morgan fingerprint density at radius 2 is 1.75 bits per heavy atom. The topological polar surface area (TPSA) is 48.1 Å². The molecule has 0 aromatic heterocycles. The summed E-state index contributed by atoms with van der Waals surface area (Å²) in [6.45, 7) is 14.2. The Bertz CT molecular complexity index is 1150. The summed E-state index contributed by atoms with van der Waals surface area (Å²) in [5.41, 5.74) is 3.01. The van der Waals surface area contributed by atoms with Crippen LogP contribution in [-0.4, -0.2) is 31.4 Å². The van der Waals surface area contributed by atoms with E-state index < -0.39 is 0 Å². The van der Waals surface area contributed by atoms with Crippen LogP contribution in [0.15, 0.2) is 35.9 Å². The van der Waals surface area contributed by atoms with E-state index in [1.165, 1.54) is 51.4 Å². The Morgan fingerprint density at radius 3 is 2.50 bits per heavy atom. The van der Waals surface area contributed by atoms with E-state index in [1.54, 1.807) is 5.57 Å². The summed E-state index contributed by atoms with van der Waals surface area (Å²) in [5.74, 6) is 5.72. The molecule has 5 aliphatic rings. The molecule has 1 unspecified atom stereocenters. The summed E-state index contributed by atoms with van der Waals surface area (Å²) in [6.07, 6.45) is 20.5. The van der Waals surface area contributed by atoms with Crippen molar-refractivity contribution in [2.75, 3.05) is 13.2 Å². The van der Waals surface area contributed by atoms with E-state index in [0.717, 1.165) is 86.4 Å². The zero-order valence-corrected chi connectivity index (χ0v) is 28.5. The fourth-order valence-corrected chi connectivity index (χ4v) is 10.6. The Morgan fingerprint density at radius 1 is 0.955 bits per heavy atom. The van der Waals surface area contributed by atoms with Crippen molar-refractivity contribution >= 4 is 5.97 Å². The van der Waals surface area contributed by atoms with Crippen LogP contribution in [0.1, 0.15) is 135 Å². The number of rotatable bonds is 13. The summed E-state index contributed by atoms with van der Waals surface area (Å²) < 4.78 is 17.3.